The molecule has 1 fully saturated rings. The van der Waals surface area contributed by atoms with E-state index in [0.717, 1.165) is 37.2 Å². The number of aliphatic hydroxyl groups excluding tert-OH is 1. The minimum atomic E-state index is -0.169. The van der Waals surface area contributed by atoms with E-state index in [0.29, 0.717) is 12.1 Å². The van der Waals surface area contributed by atoms with E-state index in [2.05, 4.69) is 10.3 Å². The van der Waals surface area contributed by atoms with Crippen molar-refractivity contribution in [3.8, 4) is 0 Å². The molecule has 23 heavy (non-hydrogen) atoms. The summed E-state index contributed by atoms with van der Waals surface area (Å²) >= 11 is 1.65. The van der Waals surface area contributed by atoms with Crippen molar-refractivity contribution in [2.24, 2.45) is 0 Å². The van der Waals surface area contributed by atoms with Gasteiger partial charge in [-0.15, -0.1) is 0 Å². The van der Waals surface area contributed by atoms with Gasteiger partial charge in [0.1, 0.15) is 0 Å². The summed E-state index contributed by atoms with van der Waals surface area (Å²) in [7, 11) is 1.83. The Labute approximate surface area is 141 Å². The maximum Gasteiger partial charge on any atom is 0.253 e. The standard InChI is InChI=1S/C18H22N2O2S/c1-19(12-14-8-11-23-13-14)18(22)15-2-4-16(5-3-15)20-9-6-17(21)7-10-20/h2-5,8,11,13,17,21H,6-7,9-10,12H2,1H3. The summed E-state index contributed by atoms with van der Waals surface area (Å²) in [6, 6.07) is 9.84. The third-order valence-corrected chi connectivity index (χ3v) is 5.02. The summed E-state index contributed by atoms with van der Waals surface area (Å²) in [5.41, 5.74) is 2.99. The Balaban J connectivity index is 1.63. The monoisotopic (exact) mass is 330 g/mol. The molecule has 1 aliphatic heterocycles. The fourth-order valence-electron chi connectivity index (χ4n) is 2.89. The molecule has 2 heterocycles. The Kier molecular flexibility index (Phi) is 4.98. The number of anilines is 1. The van der Waals surface area contributed by atoms with Crippen molar-refractivity contribution < 1.29 is 9.90 Å². The minimum absolute atomic E-state index is 0.0387. The van der Waals surface area contributed by atoms with Crippen LogP contribution in [0.1, 0.15) is 28.8 Å². The van der Waals surface area contributed by atoms with Gasteiger partial charge in [0.15, 0.2) is 0 Å². The lowest BCUT2D eigenvalue weighted by Gasteiger charge is -2.31. The number of hydrogen-bond acceptors (Lipinski definition) is 4. The van der Waals surface area contributed by atoms with E-state index in [1.54, 1.807) is 16.2 Å². The van der Waals surface area contributed by atoms with Crippen LogP contribution in [-0.4, -0.2) is 42.2 Å². The molecule has 0 aliphatic carbocycles. The van der Waals surface area contributed by atoms with Gasteiger partial charge < -0.3 is 14.9 Å². The van der Waals surface area contributed by atoms with Gasteiger partial charge in [-0.25, -0.2) is 0 Å². The highest BCUT2D eigenvalue weighted by molar-refractivity contribution is 7.07. The highest BCUT2D eigenvalue weighted by Gasteiger charge is 2.18. The van der Waals surface area contributed by atoms with Crippen LogP contribution in [0.5, 0.6) is 0 Å². The zero-order valence-corrected chi connectivity index (χ0v) is 14.1. The SMILES string of the molecule is CN(Cc1ccsc1)C(=O)c1ccc(N2CCC(O)CC2)cc1. The number of piperidine rings is 1. The highest BCUT2D eigenvalue weighted by Crippen LogP contribution is 2.21. The molecular formula is C18H22N2O2S. The number of hydrogen-bond donors (Lipinski definition) is 1. The molecule has 1 amide bonds. The second-order valence-electron chi connectivity index (χ2n) is 6.06. The van der Waals surface area contributed by atoms with Crippen LogP contribution in [0.4, 0.5) is 5.69 Å². The average Bonchev–Trinajstić information content (AvgIpc) is 3.08. The molecule has 3 rings (SSSR count). The number of carbonyl (C=O) groups excluding carboxylic acids is 1. The zero-order chi connectivity index (χ0) is 16.2. The third-order valence-electron chi connectivity index (χ3n) is 4.29. The van der Waals surface area contributed by atoms with Crippen LogP contribution in [0.2, 0.25) is 0 Å². The predicted octanol–water partition coefficient (Wildman–Crippen LogP) is 2.98. The quantitative estimate of drug-likeness (QED) is 0.937. The second kappa shape index (κ2) is 7.15. The van der Waals surface area contributed by atoms with Crippen molar-refractivity contribution >= 4 is 22.9 Å². The molecule has 2 aromatic rings. The summed E-state index contributed by atoms with van der Waals surface area (Å²) < 4.78 is 0. The topological polar surface area (TPSA) is 43.8 Å². The van der Waals surface area contributed by atoms with E-state index in [1.807, 2.05) is 42.8 Å². The third kappa shape index (κ3) is 3.92. The average molecular weight is 330 g/mol. The Morgan fingerprint density at radius 2 is 1.96 bits per heavy atom. The molecule has 1 aromatic heterocycles. The van der Waals surface area contributed by atoms with Crippen molar-refractivity contribution in [2.45, 2.75) is 25.5 Å². The van der Waals surface area contributed by atoms with E-state index >= 15 is 0 Å². The van der Waals surface area contributed by atoms with E-state index in [9.17, 15) is 9.90 Å². The summed E-state index contributed by atoms with van der Waals surface area (Å²) in [6.45, 7) is 2.37. The van der Waals surface area contributed by atoms with Crippen molar-refractivity contribution in [3.05, 3.63) is 52.2 Å². The van der Waals surface area contributed by atoms with Crippen LogP contribution in [0.3, 0.4) is 0 Å². The molecule has 1 N–H and O–H groups in total. The maximum absolute atomic E-state index is 12.5. The van der Waals surface area contributed by atoms with Crippen molar-refractivity contribution in [1.82, 2.24) is 4.90 Å². The van der Waals surface area contributed by atoms with Crippen LogP contribution in [0, 0.1) is 0 Å². The second-order valence-corrected chi connectivity index (χ2v) is 6.84. The molecular weight excluding hydrogens is 308 g/mol. The molecule has 0 unspecified atom stereocenters. The number of benzene rings is 1. The van der Waals surface area contributed by atoms with Gasteiger partial charge in [-0.1, -0.05) is 0 Å². The molecule has 122 valence electrons. The molecule has 0 bridgehead atoms. The minimum Gasteiger partial charge on any atom is -0.393 e. The molecule has 1 saturated heterocycles. The van der Waals surface area contributed by atoms with Gasteiger partial charge in [0.2, 0.25) is 0 Å². The Bertz CT molecular complexity index is 632. The Hall–Kier alpha value is -1.85. The Morgan fingerprint density at radius 3 is 2.57 bits per heavy atom. The van der Waals surface area contributed by atoms with E-state index in [1.165, 1.54) is 0 Å². The normalized spacial score (nSPS) is 15.7. The van der Waals surface area contributed by atoms with Gasteiger partial charge >= 0.3 is 0 Å². The first-order valence-corrected chi connectivity index (χ1v) is 8.87. The number of aliphatic hydroxyl groups is 1. The van der Waals surface area contributed by atoms with Crippen LogP contribution < -0.4 is 4.90 Å². The van der Waals surface area contributed by atoms with E-state index in [-0.39, 0.29) is 12.0 Å². The van der Waals surface area contributed by atoms with Crippen LogP contribution >= 0.6 is 11.3 Å². The molecule has 0 saturated carbocycles. The van der Waals surface area contributed by atoms with Crippen LogP contribution in [-0.2, 0) is 6.54 Å². The van der Waals surface area contributed by atoms with Crippen molar-refractivity contribution in [3.63, 3.8) is 0 Å². The largest absolute Gasteiger partial charge is 0.393 e. The lowest BCUT2D eigenvalue weighted by molar-refractivity contribution is 0.0785. The van der Waals surface area contributed by atoms with Gasteiger partial charge in [-0.3, -0.25) is 4.79 Å². The number of amides is 1. The summed E-state index contributed by atoms with van der Waals surface area (Å²) in [4.78, 5) is 16.5. The predicted molar refractivity (Wildman–Crippen MR) is 94.0 cm³/mol. The first kappa shape index (κ1) is 16.0. The van der Waals surface area contributed by atoms with Gasteiger partial charge in [0, 0.05) is 37.9 Å². The van der Waals surface area contributed by atoms with Crippen LogP contribution in [0.25, 0.3) is 0 Å². The van der Waals surface area contributed by atoms with Crippen molar-refractivity contribution in [2.75, 3.05) is 25.0 Å². The van der Waals surface area contributed by atoms with Gasteiger partial charge in [-0.2, -0.15) is 11.3 Å². The number of nitrogens with zero attached hydrogens (tertiary/aromatic N) is 2. The molecule has 0 spiro atoms. The molecule has 1 aliphatic rings. The number of carbonyl (C=O) groups is 1. The Morgan fingerprint density at radius 1 is 1.26 bits per heavy atom. The number of rotatable bonds is 4. The number of thiophene rings is 1. The van der Waals surface area contributed by atoms with Crippen molar-refractivity contribution in [1.29, 1.82) is 0 Å². The fourth-order valence-corrected chi connectivity index (χ4v) is 3.55. The maximum atomic E-state index is 12.5. The van der Waals surface area contributed by atoms with Gasteiger partial charge in [-0.05, 0) is 59.5 Å². The van der Waals surface area contributed by atoms with Gasteiger partial charge in [0.25, 0.3) is 5.91 Å². The highest BCUT2D eigenvalue weighted by atomic mass is 32.1. The fraction of sp³-hybridized carbons (Fsp3) is 0.389. The molecule has 4 nitrogen and oxygen atoms in total. The van der Waals surface area contributed by atoms with E-state index in [4.69, 9.17) is 0 Å². The molecule has 0 atom stereocenters. The lowest BCUT2D eigenvalue weighted by Crippen LogP contribution is -2.35. The molecule has 1 aromatic carbocycles. The van der Waals surface area contributed by atoms with Crippen LogP contribution in [0.15, 0.2) is 41.1 Å². The van der Waals surface area contributed by atoms with Gasteiger partial charge in [0.05, 0.1) is 6.10 Å². The first-order chi connectivity index (χ1) is 11.1. The zero-order valence-electron chi connectivity index (χ0n) is 13.3. The molecule has 0 radical (unpaired) electrons. The summed E-state index contributed by atoms with van der Waals surface area (Å²) in [6.07, 6.45) is 1.45. The van der Waals surface area contributed by atoms with E-state index < -0.39 is 0 Å². The lowest BCUT2D eigenvalue weighted by atomic mass is 10.1. The first-order valence-electron chi connectivity index (χ1n) is 7.93. The molecule has 5 heteroatoms. The smallest absolute Gasteiger partial charge is 0.253 e. The summed E-state index contributed by atoms with van der Waals surface area (Å²) in [5, 5.41) is 13.7. The summed E-state index contributed by atoms with van der Waals surface area (Å²) in [5.74, 6) is 0.0387.